The lowest BCUT2D eigenvalue weighted by atomic mass is 9.82. The number of nitrogens with zero attached hydrogens (tertiary/aromatic N) is 2. The van der Waals surface area contributed by atoms with Gasteiger partial charge in [-0.2, -0.15) is 0 Å². The number of aromatic nitrogens is 2. The summed E-state index contributed by atoms with van der Waals surface area (Å²) in [5.74, 6) is -4.96. The number of nitrogens with one attached hydrogen (secondary N) is 1. The van der Waals surface area contributed by atoms with Crippen LogP contribution in [0.1, 0.15) is 42.1 Å². The van der Waals surface area contributed by atoms with Crippen LogP contribution in [-0.2, 0) is 0 Å². The molecule has 3 heterocycles. The lowest BCUT2D eigenvalue weighted by Gasteiger charge is -2.36. The van der Waals surface area contributed by atoms with Crippen LogP contribution in [0.5, 0.6) is 0 Å². The molecule has 8 heteroatoms. The maximum absolute atomic E-state index is 13.8. The zero-order valence-electron chi connectivity index (χ0n) is 17.0. The van der Waals surface area contributed by atoms with E-state index in [2.05, 4.69) is 9.97 Å². The van der Waals surface area contributed by atoms with Crippen molar-refractivity contribution < 1.29 is 18.0 Å². The Bertz CT molecular complexity index is 1190. The second kappa shape index (κ2) is 7.68. The van der Waals surface area contributed by atoms with E-state index in [0.717, 1.165) is 12.1 Å². The highest BCUT2D eigenvalue weighted by molar-refractivity contribution is 5.95. The number of halogens is 3. The van der Waals surface area contributed by atoms with Gasteiger partial charge in [0.25, 0.3) is 11.5 Å². The number of likely N-dealkylation sites (tertiary alicyclic amines) is 1. The molecular weight excluding hydrogens is 407 g/mol. The first-order valence-corrected chi connectivity index (χ1v) is 9.81. The van der Waals surface area contributed by atoms with Crippen molar-refractivity contribution in [3.8, 4) is 11.4 Å². The summed E-state index contributed by atoms with van der Waals surface area (Å²) < 4.78 is 40.9. The molecule has 0 aliphatic carbocycles. The fourth-order valence-electron chi connectivity index (χ4n) is 4.26. The average molecular weight is 427 g/mol. The number of amides is 1. The summed E-state index contributed by atoms with van der Waals surface area (Å²) in [7, 11) is 0. The molecule has 2 aromatic heterocycles. The molecule has 0 spiro atoms. The Morgan fingerprint density at radius 3 is 2.45 bits per heavy atom. The van der Waals surface area contributed by atoms with Gasteiger partial charge in [-0.25, -0.2) is 13.2 Å². The summed E-state index contributed by atoms with van der Waals surface area (Å²) in [6.45, 7) is 3.81. The van der Waals surface area contributed by atoms with Gasteiger partial charge in [0, 0.05) is 24.2 Å². The fourth-order valence-corrected chi connectivity index (χ4v) is 4.26. The SMILES string of the molecule is CC1(C)C(c2cc(F)c(F)c(F)c2)CCN1C(=O)c1ccc(-c2ccccn2)[nH]c1=O. The van der Waals surface area contributed by atoms with Gasteiger partial charge in [0.05, 0.1) is 11.4 Å². The summed E-state index contributed by atoms with van der Waals surface area (Å²) in [6.07, 6.45) is 2.02. The van der Waals surface area contributed by atoms with Crippen LogP contribution in [0, 0.1) is 17.5 Å². The quantitative estimate of drug-likeness (QED) is 0.635. The van der Waals surface area contributed by atoms with Crippen LogP contribution in [0.3, 0.4) is 0 Å². The van der Waals surface area contributed by atoms with Crippen molar-refractivity contribution in [3.05, 3.63) is 87.6 Å². The van der Waals surface area contributed by atoms with E-state index in [0.29, 0.717) is 24.4 Å². The largest absolute Gasteiger partial charge is 0.333 e. The van der Waals surface area contributed by atoms with Gasteiger partial charge >= 0.3 is 0 Å². The number of carbonyl (C=O) groups excluding carboxylic acids is 1. The lowest BCUT2D eigenvalue weighted by Crippen LogP contribution is -2.46. The van der Waals surface area contributed by atoms with Gasteiger partial charge in [0.15, 0.2) is 17.5 Å². The van der Waals surface area contributed by atoms with Gasteiger partial charge in [-0.15, -0.1) is 0 Å². The smallest absolute Gasteiger partial charge is 0.261 e. The second-order valence-corrected chi connectivity index (χ2v) is 8.08. The van der Waals surface area contributed by atoms with Gasteiger partial charge in [0.1, 0.15) is 5.56 Å². The van der Waals surface area contributed by atoms with E-state index in [4.69, 9.17) is 0 Å². The van der Waals surface area contributed by atoms with E-state index >= 15 is 0 Å². The lowest BCUT2D eigenvalue weighted by molar-refractivity contribution is 0.0633. The van der Waals surface area contributed by atoms with Crippen molar-refractivity contribution in [1.29, 1.82) is 0 Å². The molecule has 0 radical (unpaired) electrons. The van der Waals surface area contributed by atoms with Gasteiger partial charge < -0.3 is 9.88 Å². The van der Waals surface area contributed by atoms with Crippen molar-refractivity contribution in [2.45, 2.75) is 31.7 Å². The zero-order chi connectivity index (χ0) is 22.3. The molecule has 1 aliphatic heterocycles. The molecule has 1 fully saturated rings. The van der Waals surface area contributed by atoms with E-state index in [1.54, 1.807) is 44.3 Å². The Balaban J connectivity index is 1.63. The number of H-pyrrole nitrogens is 1. The molecule has 0 bridgehead atoms. The van der Waals surface area contributed by atoms with Crippen molar-refractivity contribution in [1.82, 2.24) is 14.9 Å². The molecule has 160 valence electrons. The Hall–Kier alpha value is -3.42. The molecule has 1 saturated heterocycles. The van der Waals surface area contributed by atoms with E-state index < -0.39 is 40.4 Å². The molecule has 4 rings (SSSR count). The van der Waals surface area contributed by atoms with E-state index in [1.165, 1.54) is 11.0 Å². The maximum atomic E-state index is 13.8. The molecule has 1 atom stereocenters. The Morgan fingerprint density at radius 1 is 1.13 bits per heavy atom. The minimum absolute atomic E-state index is 0.0372. The normalized spacial score (nSPS) is 17.7. The Kier molecular flexibility index (Phi) is 5.16. The van der Waals surface area contributed by atoms with E-state index in [1.807, 2.05) is 0 Å². The molecule has 0 saturated carbocycles. The predicted octanol–water partition coefficient (Wildman–Crippen LogP) is 4.26. The van der Waals surface area contributed by atoms with Crippen LogP contribution >= 0.6 is 0 Å². The van der Waals surface area contributed by atoms with Crippen molar-refractivity contribution in [3.63, 3.8) is 0 Å². The van der Waals surface area contributed by atoms with Crippen LogP contribution in [-0.4, -0.2) is 32.9 Å². The van der Waals surface area contributed by atoms with Crippen molar-refractivity contribution >= 4 is 5.91 Å². The molecule has 3 aromatic rings. The number of rotatable bonds is 3. The first-order chi connectivity index (χ1) is 14.7. The topological polar surface area (TPSA) is 66.1 Å². The highest BCUT2D eigenvalue weighted by Gasteiger charge is 2.45. The fraction of sp³-hybridized carbons (Fsp3) is 0.261. The Labute approximate surface area is 176 Å². The summed E-state index contributed by atoms with van der Waals surface area (Å²) in [5, 5.41) is 0. The monoisotopic (exact) mass is 427 g/mol. The van der Waals surface area contributed by atoms with Crippen LogP contribution in [0.25, 0.3) is 11.4 Å². The van der Waals surface area contributed by atoms with Gasteiger partial charge in [-0.1, -0.05) is 6.07 Å². The van der Waals surface area contributed by atoms with Gasteiger partial charge in [-0.05, 0) is 62.2 Å². The number of benzene rings is 1. The first-order valence-electron chi connectivity index (χ1n) is 9.81. The molecule has 1 amide bonds. The average Bonchev–Trinajstić information content (AvgIpc) is 3.06. The van der Waals surface area contributed by atoms with Crippen molar-refractivity contribution in [2.75, 3.05) is 6.54 Å². The molecule has 1 aromatic carbocycles. The molecular formula is C23H20F3N3O2. The maximum Gasteiger partial charge on any atom is 0.261 e. The second-order valence-electron chi connectivity index (χ2n) is 8.08. The number of aromatic amines is 1. The summed E-state index contributed by atoms with van der Waals surface area (Å²) in [4.78, 5) is 34.2. The van der Waals surface area contributed by atoms with E-state index in [9.17, 15) is 22.8 Å². The van der Waals surface area contributed by atoms with Gasteiger partial charge in [0.2, 0.25) is 0 Å². The third-order valence-corrected chi connectivity index (χ3v) is 5.92. The van der Waals surface area contributed by atoms with Crippen LogP contribution in [0.15, 0.2) is 53.5 Å². The standard InChI is InChI=1S/C23H20F3N3O2/c1-23(2)15(13-11-16(24)20(26)17(25)12-13)8-10-29(23)22(31)14-6-7-19(28-21(14)30)18-5-3-4-9-27-18/h3-7,9,11-12,15H,8,10H2,1-2H3,(H,28,30). The van der Waals surface area contributed by atoms with Crippen LogP contribution in [0.2, 0.25) is 0 Å². The molecule has 1 aliphatic rings. The van der Waals surface area contributed by atoms with Crippen LogP contribution in [0.4, 0.5) is 13.2 Å². The highest BCUT2D eigenvalue weighted by Crippen LogP contribution is 2.42. The number of carbonyl (C=O) groups is 1. The summed E-state index contributed by atoms with van der Waals surface area (Å²) >= 11 is 0. The molecule has 31 heavy (non-hydrogen) atoms. The van der Waals surface area contributed by atoms with E-state index in [-0.39, 0.29) is 11.1 Å². The molecule has 1 N–H and O–H groups in total. The minimum atomic E-state index is -1.52. The Morgan fingerprint density at radius 2 is 1.84 bits per heavy atom. The zero-order valence-corrected chi connectivity index (χ0v) is 17.0. The first kappa shape index (κ1) is 20.8. The third-order valence-electron chi connectivity index (χ3n) is 5.92. The predicted molar refractivity (Wildman–Crippen MR) is 109 cm³/mol. The molecule has 1 unspecified atom stereocenters. The third kappa shape index (κ3) is 3.62. The molecule has 5 nitrogen and oxygen atoms in total. The number of pyridine rings is 2. The highest BCUT2D eigenvalue weighted by atomic mass is 19.2. The summed E-state index contributed by atoms with van der Waals surface area (Å²) in [5.41, 5.74) is -0.106. The summed E-state index contributed by atoms with van der Waals surface area (Å²) in [6, 6.07) is 10.3. The van der Waals surface area contributed by atoms with Gasteiger partial charge in [-0.3, -0.25) is 14.6 Å². The number of hydrogen-bond donors (Lipinski definition) is 1. The van der Waals surface area contributed by atoms with Crippen molar-refractivity contribution in [2.24, 2.45) is 0 Å². The number of hydrogen-bond acceptors (Lipinski definition) is 3. The minimum Gasteiger partial charge on any atom is -0.333 e. The van der Waals surface area contributed by atoms with Crippen LogP contribution < -0.4 is 5.56 Å².